The number of likely N-dealkylation sites (tertiary alicyclic amines) is 1. The van der Waals surface area contributed by atoms with Crippen LogP contribution in [0.25, 0.3) is 0 Å². The minimum atomic E-state index is -4.69. The Kier molecular flexibility index (Phi) is 18.7. The van der Waals surface area contributed by atoms with Gasteiger partial charge in [-0.05, 0) is 85.8 Å². The topological polar surface area (TPSA) is 169 Å². The number of hydrogen-bond acceptors (Lipinski definition) is 13. The SMILES string of the molecule is CC.CN(C=N)C(=N)CC1(c2cccc(N(C=O)/C=C3/C(C(F)(F)F)=CC(CN4CCC(OCCCN5CCN(c6ccc(C=O)c(CN(C)C7CCC(=O)NC7=O)c6)CC5)CC4)=CN3C)c2)COC1. The van der Waals surface area contributed by atoms with E-state index in [0.29, 0.717) is 82.1 Å². The predicted octanol–water partition coefficient (Wildman–Crippen LogP) is 5.75. The molecule has 70 heavy (non-hydrogen) atoms. The highest BCUT2D eigenvalue weighted by Crippen LogP contribution is 2.40. The molecule has 16 nitrogen and oxygen atoms in total. The van der Waals surface area contributed by atoms with Gasteiger partial charge in [0.25, 0.3) is 0 Å². The largest absolute Gasteiger partial charge is 0.418 e. The van der Waals surface area contributed by atoms with Crippen molar-refractivity contribution in [2.45, 2.75) is 82.7 Å². The summed E-state index contributed by atoms with van der Waals surface area (Å²) >= 11 is 0. The van der Waals surface area contributed by atoms with Crippen LogP contribution in [0.2, 0.25) is 0 Å². The lowest BCUT2D eigenvalue weighted by Gasteiger charge is -2.43. The number of rotatable bonds is 19. The number of alkyl halides is 3. The Morgan fingerprint density at radius 1 is 0.986 bits per heavy atom. The van der Waals surface area contributed by atoms with Crippen molar-refractivity contribution in [2.75, 3.05) is 103 Å². The van der Waals surface area contributed by atoms with Gasteiger partial charge in [-0.15, -0.1) is 0 Å². The van der Waals surface area contributed by atoms with Gasteiger partial charge in [0.15, 0.2) is 0 Å². The fourth-order valence-electron chi connectivity index (χ4n) is 9.60. The number of ether oxygens (including phenoxy) is 2. The zero-order chi connectivity index (χ0) is 50.6. The van der Waals surface area contributed by atoms with Crippen LogP contribution in [0, 0.1) is 10.8 Å². The van der Waals surface area contributed by atoms with Crippen molar-refractivity contribution in [1.82, 2.24) is 29.8 Å². The van der Waals surface area contributed by atoms with Crippen molar-refractivity contribution in [3.63, 3.8) is 0 Å². The summed E-state index contributed by atoms with van der Waals surface area (Å²) in [6.07, 6.45) is 5.29. The number of nitrogens with zero attached hydrogens (tertiary/aromatic N) is 7. The van der Waals surface area contributed by atoms with Crippen LogP contribution in [-0.4, -0.2) is 173 Å². The summed E-state index contributed by atoms with van der Waals surface area (Å²) in [4.78, 5) is 61.1. The Balaban J connectivity index is 0.00000397. The van der Waals surface area contributed by atoms with Crippen LogP contribution in [0.15, 0.2) is 77.8 Å². The average molecular weight is 975 g/mol. The Bertz CT molecular complexity index is 2280. The highest BCUT2D eigenvalue weighted by atomic mass is 19.4. The molecular weight excluding hydrogens is 906 g/mol. The lowest BCUT2D eigenvalue weighted by atomic mass is 9.75. The Hall–Kier alpha value is -5.73. The summed E-state index contributed by atoms with van der Waals surface area (Å²) in [5, 5.41) is 18.3. The minimum absolute atomic E-state index is 0.0780. The fourth-order valence-corrected chi connectivity index (χ4v) is 9.60. The number of anilines is 2. The van der Waals surface area contributed by atoms with Crippen molar-refractivity contribution >= 4 is 48.1 Å². The molecule has 2 aromatic carbocycles. The van der Waals surface area contributed by atoms with Crippen LogP contribution < -0.4 is 15.1 Å². The molecular formula is C51H69F3N10O6. The average Bonchev–Trinajstić information content (AvgIpc) is 3.34. The third-order valence-electron chi connectivity index (χ3n) is 13.7. The summed E-state index contributed by atoms with van der Waals surface area (Å²) < 4.78 is 56.0. The van der Waals surface area contributed by atoms with E-state index in [2.05, 4.69) is 20.0 Å². The normalized spacial score (nSPS) is 20.7. The van der Waals surface area contributed by atoms with Crippen molar-refractivity contribution < 1.29 is 41.8 Å². The minimum Gasteiger partial charge on any atom is -0.379 e. The number of allylic oxidation sites excluding steroid dienone is 1. The number of halogens is 3. The Labute approximate surface area is 409 Å². The van der Waals surface area contributed by atoms with E-state index in [0.717, 1.165) is 86.3 Å². The van der Waals surface area contributed by atoms with Crippen LogP contribution in [0.4, 0.5) is 24.5 Å². The lowest BCUT2D eigenvalue weighted by Crippen LogP contribution is -2.51. The van der Waals surface area contributed by atoms with Crippen LogP contribution in [0.3, 0.4) is 0 Å². The summed E-state index contributed by atoms with van der Waals surface area (Å²) in [6, 6.07) is 12.4. The van der Waals surface area contributed by atoms with E-state index in [4.69, 9.17) is 20.3 Å². The molecule has 1 unspecified atom stereocenters. The van der Waals surface area contributed by atoms with Gasteiger partial charge in [-0.1, -0.05) is 26.0 Å². The second-order valence-electron chi connectivity index (χ2n) is 18.5. The van der Waals surface area contributed by atoms with Crippen molar-refractivity contribution in [3.8, 4) is 0 Å². The van der Waals surface area contributed by atoms with Gasteiger partial charge in [-0.2, -0.15) is 13.2 Å². The number of hydrogen-bond donors (Lipinski definition) is 3. The predicted molar refractivity (Wildman–Crippen MR) is 264 cm³/mol. The van der Waals surface area contributed by atoms with E-state index in [-0.39, 0.29) is 35.9 Å². The van der Waals surface area contributed by atoms with E-state index < -0.39 is 23.2 Å². The van der Waals surface area contributed by atoms with Gasteiger partial charge < -0.3 is 24.2 Å². The van der Waals surface area contributed by atoms with E-state index in [1.54, 1.807) is 38.5 Å². The maximum absolute atomic E-state index is 14.7. The van der Waals surface area contributed by atoms with Crippen LogP contribution in [0.1, 0.15) is 73.9 Å². The number of aldehydes is 1. The van der Waals surface area contributed by atoms with E-state index >= 15 is 0 Å². The molecule has 0 radical (unpaired) electrons. The molecule has 5 aliphatic rings. The fraction of sp³-hybridized carbons (Fsp3) is 0.529. The maximum Gasteiger partial charge on any atom is 0.418 e. The monoisotopic (exact) mass is 975 g/mol. The van der Waals surface area contributed by atoms with E-state index in [1.807, 2.05) is 50.1 Å². The molecule has 0 spiro atoms. The molecule has 5 heterocycles. The first-order valence-electron chi connectivity index (χ1n) is 24.2. The second-order valence-corrected chi connectivity index (χ2v) is 18.5. The number of carbonyl (C=O) groups excluding carboxylic acids is 4. The molecule has 19 heteroatoms. The molecule has 4 saturated heterocycles. The summed E-state index contributed by atoms with van der Waals surface area (Å²) in [5.74, 6) is -0.349. The molecule has 0 saturated carbocycles. The summed E-state index contributed by atoms with van der Waals surface area (Å²) in [5.41, 5.74) is 2.54. The Morgan fingerprint density at radius 2 is 1.71 bits per heavy atom. The molecule has 7 rings (SSSR count). The molecule has 5 aliphatic heterocycles. The molecule has 4 fully saturated rings. The lowest BCUT2D eigenvalue weighted by molar-refractivity contribution is -0.137. The number of imide groups is 1. The first kappa shape index (κ1) is 53.6. The zero-order valence-electron chi connectivity index (χ0n) is 41.1. The van der Waals surface area contributed by atoms with Gasteiger partial charge in [0.1, 0.15) is 12.1 Å². The van der Waals surface area contributed by atoms with Gasteiger partial charge in [0, 0.05) is 127 Å². The molecule has 0 aromatic heterocycles. The van der Waals surface area contributed by atoms with Crippen LogP contribution in [0.5, 0.6) is 0 Å². The van der Waals surface area contributed by atoms with Gasteiger partial charge in [0.05, 0.1) is 43.0 Å². The highest BCUT2D eigenvalue weighted by Gasteiger charge is 2.43. The standard InChI is InChI=1S/C49H63F3N10O6.C2H6/c1-56-26-35(22-42(49(50,51)52)44(56)29-62(34-64)39-7-4-6-38(24-39)48(31-67-32-48)25-45(54)58(3)33-53)27-60-15-12-41(13-16-60)68-21-5-14-59-17-19-61(20-18-59)40-9-8-36(30-63)37(23-40)28-57(2)43-10-11-46(65)55-47(43)66;1-2/h4,6-9,22-24,26,29-30,33-34,41,43,53-54H,5,10-21,25,27-28,31-32H2,1-3H3,(H,55,65,66);1-2H3/b44-29-,53-33?,54-45?;. The van der Waals surface area contributed by atoms with Crippen molar-refractivity contribution in [3.05, 3.63) is 94.5 Å². The quantitative estimate of drug-likeness (QED) is 0.0514. The molecule has 1 atom stereocenters. The molecule has 0 bridgehead atoms. The summed E-state index contributed by atoms with van der Waals surface area (Å²) in [6.45, 7) is 11.7. The summed E-state index contributed by atoms with van der Waals surface area (Å²) in [7, 11) is 5.00. The second kappa shape index (κ2) is 24.4. The number of amides is 3. The third-order valence-corrected chi connectivity index (χ3v) is 13.7. The van der Waals surface area contributed by atoms with Gasteiger partial charge in [-0.3, -0.25) is 54.9 Å². The van der Waals surface area contributed by atoms with Gasteiger partial charge in [-0.25, -0.2) is 0 Å². The van der Waals surface area contributed by atoms with E-state index in [9.17, 15) is 32.3 Å². The first-order valence-corrected chi connectivity index (χ1v) is 24.2. The number of nitrogens with one attached hydrogen (secondary N) is 3. The first-order chi connectivity index (χ1) is 33.6. The molecule has 380 valence electrons. The maximum atomic E-state index is 14.7. The number of amidine groups is 1. The smallest absolute Gasteiger partial charge is 0.379 e. The number of piperidine rings is 2. The van der Waals surface area contributed by atoms with Crippen LogP contribution >= 0.6 is 0 Å². The highest BCUT2D eigenvalue weighted by molar-refractivity contribution is 6.00. The molecule has 0 aliphatic carbocycles. The van der Waals surface area contributed by atoms with Crippen molar-refractivity contribution in [2.24, 2.45) is 0 Å². The van der Waals surface area contributed by atoms with Crippen LogP contribution in [-0.2, 0) is 35.8 Å². The number of piperazine rings is 1. The van der Waals surface area contributed by atoms with E-state index in [1.165, 1.54) is 22.1 Å². The zero-order valence-corrected chi connectivity index (χ0v) is 41.1. The molecule has 3 N–H and O–H groups in total. The third kappa shape index (κ3) is 13.4. The number of carbonyl (C=O) groups is 4. The van der Waals surface area contributed by atoms with Crippen molar-refractivity contribution in [1.29, 1.82) is 10.8 Å². The molecule has 3 amide bonds. The Morgan fingerprint density at radius 3 is 2.34 bits per heavy atom. The van der Waals surface area contributed by atoms with Gasteiger partial charge in [0.2, 0.25) is 18.2 Å². The number of likely N-dealkylation sites (N-methyl/N-ethyl adjacent to an activating group) is 2. The number of benzene rings is 2. The van der Waals surface area contributed by atoms with Gasteiger partial charge >= 0.3 is 6.18 Å². The molecule has 2 aromatic rings.